The largest absolute Gasteiger partial charge is 0.480 e. The van der Waals surface area contributed by atoms with E-state index in [2.05, 4.69) is 47.9 Å². The normalized spacial score (nSPS) is 18.1. The first kappa shape index (κ1) is 50.6. The van der Waals surface area contributed by atoms with Crippen LogP contribution in [0.5, 0.6) is 0 Å². The molecule has 0 aromatic rings. The molecule has 9 amide bonds. The molecule has 1 aliphatic rings. The molecule has 1 fully saturated rings. The van der Waals surface area contributed by atoms with Crippen LogP contribution in [0.15, 0.2) is 0 Å². The summed E-state index contributed by atoms with van der Waals surface area (Å²) in [5.41, 5.74) is 0. The first-order chi connectivity index (χ1) is 27.2. The predicted molar refractivity (Wildman–Crippen MR) is 201 cm³/mol. The molecular weight excluding hydrogens is 772 g/mol. The van der Waals surface area contributed by atoms with Gasteiger partial charge in [-0.15, -0.1) is 0 Å². The van der Waals surface area contributed by atoms with Crippen LogP contribution < -0.4 is 53.2 Å². The number of amides is 9. The Morgan fingerprint density at radius 3 is 1.50 bits per heavy atom. The quantitative estimate of drug-likeness (QED) is 0.0430. The Labute approximate surface area is 334 Å². The van der Waals surface area contributed by atoms with Crippen LogP contribution in [0.2, 0.25) is 0 Å². The van der Waals surface area contributed by atoms with E-state index in [4.69, 9.17) is 10.2 Å². The lowest BCUT2D eigenvalue weighted by atomic mass is 9.97. The van der Waals surface area contributed by atoms with Crippen LogP contribution in [0.1, 0.15) is 60.8 Å². The summed E-state index contributed by atoms with van der Waals surface area (Å²) in [5.74, 6) is -9.65. The van der Waals surface area contributed by atoms with Gasteiger partial charge in [-0.2, -0.15) is 0 Å². The van der Waals surface area contributed by atoms with Gasteiger partial charge in [-0.1, -0.05) is 20.3 Å². The molecule has 0 unspecified atom stereocenters. The Balaban J connectivity index is 2.74. The molecule has 1 aliphatic heterocycles. The van der Waals surface area contributed by atoms with Gasteiger partial charge in [0, 0.05) is 0 Å². The molecule has 0 saturated carbocycles. The molecule has 0 spiro atoms. The lowest BCUT2D eigenvalue weighted by Crippen LogP contribution is -2.61. The number of hydrogen-bond donors (Lipinski definition) is 14. The number of aliphatic carboxylic acids is 1. The average Bonchev–Trinajstić information content (AvgIpc) is 3.73. The fourth-order valence-corrected chi connectivity index (χ4v) is 5.13. The van der Waals surface area contributed by atoms with E-state index in [1.807, 2.05) is 5.32 Å². The minimum Gasteiger partial charge on any atom is -0.480 e. The van der Waals surface area contributed by atoms with Crippen molar-refractivity contribution in [3.05, 3.63) is 0 Å². The fraction of sp³-hybridized carbons (Fsp3) is 0.706. The summed E-state index contributed by atoms with van der Waals surface area (Å²) >= 11 is 0. The van der Waals surface area contributed by atoms with E-state index in [-0.39, 0.29) is 5.91 Å². The van der Waals surface area contributed by atoms with Crippen LogP contribution in [0.25, 0.3) is 0 Å². The molecule has 0 bridgehead atoms. The van der Waals surface area contributed by atoms with Gasteiger partial charge in [-0.25, -0.2) is 4.79 Å². The summed E-state index contributed by atoms with van der Waals surface area (Å²) in [7, 11) is 0. The maximum absolute atomic E-state index is 13.3. The zero-order valence-electron chi connectivity index (χ0n) is 33.3. The van der Waals surface area contributed by atoms with Crippen molar-refractivity contribution in [2.45, 2.75) is 115 Å². The monoisotopic (exact) mass is 830 g/mol. The zero-order chi connectivity index (χ0) is 44.3. The van der Waals surface area contributed by atoms with Gasteiger partial charge in [0.1, 0.15) is 48.3 Å². The van der Waals surface area contributed by atoms with Crippen molar-refractivity contribution in [1.29, 1.82) is 0 Å². The molecule has 328 valence electrons. The zero-order valence-corrected chi connectivity index (χ0v) is 33.3. The summed E-state index contributed by atoms with van der Waals surface area (Å²) in [6, 6.07) is -11.5. The third-order valence-corrected chi connectivity index (χ3v) is 9.05. The van der Waals surface area contributed by atoms with Crippen LogP contribution >= 0.6 is 0 Å². The van der Waals surface area contributed by atoms with Crippen LogP contribution in [0, 0.1) is 5.92 Å². The molecule has 14 N–H and O–H groups in total. The number of hydrogen-bond acceptors (Lipinski definition) is 14. The summed E-state index contributed by atoms with van der Waals surface area (Å²) < 4.78 is 0. The maximum atomic E-state index is 13.3. The van der Waals surface area contributed by atoms with Crippen molar-refractivity contribution in [2.24, 2.45) is 5.92 Å². The Kier molecular flexibility index (Phi) is 21.8. The van der Waals surface area contributed by atoms with Gasteiger partial charge in [-0.05, 0) is 53.0 Å². The molecule has 24 nitrogen and oxygen atoms in total. The molecule has 0 aliphatic carbocycles. The van der Waals surface area contributed by atoms with Crippen molar-refractivity contribution in [3.8, 4) is 0 Å². The van der Waals surface area contributed by atoms with Crippen molar-refractivity contribution >= 4 is 59.1 Å². The Morgan fingerprint density at radius 2 is 1.02 bits per heavy atom. The van der Waals surface area contributed by atoms with Gasteiger partial charge in [0.25, 0.3) is 0 Å². The highest BCUT2D eigenvalue weighted by Crippen LogP contribution is 2.09. The highest BCUT2D eigenvalue weighted by molar-refractivity contribution is 5.98. The van der Waals surface area contributed by atoms with Gasteiger partial charge >= 0.3 is 5.97 Å². The van der Waals surface area contributed by atoms with Crippen LogP contribution in [0.4, 0.5) is 0 Å². The molecule has 24 heteroatoms. The van der Waals surface area contributed by atoms with Crippen LogP contribution in [-0.4, -0.2) is 167 Å². The van der Waals surface area contributed by atoms with E-state index in [1.165, 1.54) is 27.7 Å². The van der Waals surface area contributed by atoms with Crippen molar-refractivity contribution in [1.82, 2.24) is 53.2 Å². The molecule has 0 radical (unpaired) electrons. The number of carbonyl (C=O) groups is 10. The highest BCUT2D eigenvalue weighted by atomic mass is 16.4. The topological polar surface area (TPSA) is 372 Å². The van der Waals surface area contributed by atoms with E-state index >= 15 is 0 Å². The number of carboxylic acid groups (broad SMARTS) is 1. The standard InChI is InChI=1S/C34H58N10O14/c1-7-15(2)25(33(56)42-21(12-45)31(54)40-19(6)29(52)43-23(14-47)34(57)58)44-32(55)22(13-46)41-28(51)18(5)38-27(50)17(4)37-24(48)11-36-26(49)16(3)39-30(53)20-9-8-10-35-20/h15-23,25,35,45-47H,7-14H2,1-6H3,(H,36,49)(H,37,48)(H,38,50)(H,39,53)(H,40,54)(H,41,51)(H,42,56)(H,43,52)(H,44,55)(H,57,58)/t15-,16-,17-,18-,19-,20-,21-,22-,23-,25-/m0/s1. The molecular formula is C34H58N10O14. The molecule has 1 heterocycles. The van der Waals surface area contributed by atoms with Crippen LogP contribution in [-0.2, 0) is 47.9 Å². The number of carboxylic acids is 1. The minimum atomic E-state index is -1.65. The van der Waals surface area contributed by atoms with Crippen molar-refractivity contribution in [3.63, 3.8) is 0 Å². The number of aliphatic hydroxyl groups is 3. The third-order valence-electron chi connectivity index (χ3n) is 9.05. The summed E-state index contributed by atoms with van der Waals surface area (Å²) in [6.07, 6.45) is 1.77. The summed E-state index contributed by atoms with van der Waals surface area (Å²) in [4.78, 5) is 125. The van der Waals surface area contributed by atoms with E-state index in [0.717, 1.165) is 6.42 Å². The Bertz CT molecular complexity index is 1490. The van der Waals surface area contributed by atoms with Crippen LogP contribution in [0.3, 0.4) is 0 Å². The lowest BCUT2D eigenvalue weighted by molar-refractivity contribution is -0.143. The second-order valence-corrected chi connectivity index (χ2v) is 13.8. The number of aliphatic hydroxyl groups excluding tert-OH is 3. The first-order valence-electron chi connectivity index (χ1n) is 18.7. The molecule has 1 rings (SSSR count). The maximum Gasteiger partial charge on any atom is 0.328 e. The van der Waals surface area contributed by atoms with Crippen molar-refractivity contribution in [2.75, 3.05) is 32.9 Å². The summed E-state index contributed by atoms with van der Waals surface area (Å²) in [5, 5.41) is 61.5. The summed E-state index contributed by atoms with van der Waals surface area (Å²) in [6.45, 7) is 5.76. The Morgan fingerprint density at radius 1 is 0.569 bits per heavy atom. The minimum absolute atomic E-state index is 0.303. The molecule has 58 heavy (non-hydrogen) atoms. The van der Waals surface area contributed by atoms with Gasteiger partial charge in [0.15, 0.2) is 0 Å². The number of nitrogens with one attached hydrogen (secondary N) is 10. The SMILES string of the molecule is CC[C@H](C)[C@H](NC(=O)[C@H](CO)NC(=O)[C@H](C)NC(=O)[C@H](C)NC(=O)CNC(=O)[C@H](C)NC(=O)[C@@H]1CCCN1)C(=O)N[C@@H](CO)C(=O)N[C@@H](C)C(=O)N[C@@H](CO)C(=O)O. The molecule has 1 saturated heterocycles. The van der Waals surface area contributed by atoms with Gasteiger partial charge in [0.05, 0.1) is 32.4 Å². The Hall–Kier alpha value is -5.46. The van der Waals surface area contributed by atoms with Crippen molar-refractivity contribution < 1.29 is 68.4 Å². The molecule has 0 aromatic carbocycles. The van der Waals surface area contributed by atoms with E-state index < -0.39 is 140 Å². The van der Waals surface area contributed by atoms with E-state index in [1.54, 1.807) is 13.8 Å². The predicted octanol–water partition coefficient (Wildman–Crippen LogP) is -7.08. The van der Waals surface area contributed by atoms with Gasteiger partial charge in [0.2, 0.25) is 53.2 Å². The fourth-order valence-electron chi connectivity index (χ4n) is 5.13. The van der Waals surface area contributed by atoms with Gasteiger partial charge in [-0.3, -0.25) is 43.2 Å². The average molecular weight is 831 g/mol. The third kappa shape index (κ3) is 16.6. The van der Waals surface area contributed by atoms with E-state index in [9.17, 15) is 58.2 Å². The second-order valence-electron chi connectivity index (χ2n) is 13.8. The highest BCUT2D eigenvalue weighted by Gasteiger charge is 2.34. The lowest BCUT2D eigenvalue weighted by Gasteiger charge is -2.28. The second kappa shape index (κ2) is 25.0. The van der Waals surface area contributed by atoms with E-state index in [0.29, 0.717) is 19.4 Å². The molecule has 0 aromatic heterocycles. The first-order valence-corrected chi connectivity index (χ1v) is 18.7. The number of rotatable bonds is 24. The smallest absolute Gasteiger partial charge is 0.328 e. The van der Waals surface area contributed by atoms with Gasteiger partial charge < -0.3 is 73.6 Å². The number of carbonyl (C=O) groups excluding carboxylic acids is 9. The molecule has 10 atom stereocenters.